The molecule has 1 amide bonds. The molecule has 0 bridgehead atoms. The molecule has 1 aromatic heterocycles. The van der Waals surface area contributed by atoms with Gasteiger partial charge in [0.15, 0.2) is 0 Å². The van der Waals surface area contributed by atoms with Gasteiger partial charge in [0.2, 0.25) is 5.91 Å². The Hall–Kier alpha value is -3.02. The predicted octanol–water partition coefficient (Wildman–Crippen LogP) is 3.67. The number of carbonyl (C=O) groups is 2. The van der Waals surface area contributed by atoms with Gasteiger partial charge in [-0.15, -0.1) is 0 Å². The summed E-state index contributed by atoms with van der Waals surface area (Å²) in [6.45, 7) is 5.16. The summed E-state index contributed by atoms with van der Waals surface area (Å²) in [7, 11) is 0. The summed E-state index contributed by atoms with van der Waals surface area (Å²) in [5.41, 5.74) is 0.884. The predicted molar refractivity (Wildman–Crippen MR) is 102 cm³/mol. The second-order valence-corrected chi connectivity index (χ2v) is 5.73. The van der Waals surface area contributed by atoms with Gasteiger partial charge in [-0.25, -0.2) is 0 Å². The summed E-state index contributed by atoms with van der Waals surface area (Å²) in [4.78, 5) is 25.8. The Kier molecular flexibility index (Phi) is 8.16. The number of ether oxygens (including phenoxy) is 2. The lowest BCUT2D eigenvalue weighted by atomic mass is 10.2. The molecule has 0 spiro atoms. The second-order valence-electron chi connectivity index (χ2n) is 5.73. The lowest BCUT2D eigenvalue weighted by molar-refractivity contribution is -0.143. The third kappa shape index (κ3) is 7.01. The molecular weight excluding hydrogens is 346 g/mol. The van der Waals surface area contributed by atoms with Crippen molar-refractivity contribution in [2.45, 2.75) is 26.8 Å². The molecule has 0 N–H and O–H groups in total. The SMILES string of the molecule is CCOC(=O)CCN(Cc1ccco1)C(=O)/C=C/c1ccc(OCC)cc1. The lowest BCUT2D eigenvalue weighted by Gasteiger charge is -2.19. The number of nitrogens with zero attached hydrogens (tertiary/aromatic N) is 1. The summed E-state index contributed by atoms with van der Waals surface area (Å²) in [6, 6.07) is 11.0. The van der Waals surface area contributed by atoms with Gasteiger partial charge in [-0.2, -0.15) is 0 Å². The van der Waals surface area contributed by atoms with Gasteiger partial charge in [-0.05, 0) is 49.8 Å². The summed E-state index contributed by atoms with van der Waals surface area (Å²) in [6.07, 6.45) is 4.91. The van der Waals surface area contributed by atoms with Crippen molar-refractivity contribution in [3.8, 4) is 5.75 Å². The fourth-order valence-corrected chi connectivity index (χ4v) is 2.43. The third-order valence-corrected chi connectivity index (χ3v) is 3.74. The monoisotopic (exact) mass is 371 g/mol. The first-order valence-corrected chi connectivity index (χ1v) is 9.00. The molecule has 0 aliphatic carbocycles. The van der Waals surface area contributed by atoms with E-state index in [4.69, 9.17) is 13.9 Å². The average Bonchev–Trinajstić information content (AvgIpc) is 3.18. The van der Waals surface area contributed by atoms with Crippen molar-refractivity contribution in [1.29, 1.82) is 0 Å². The van der Waals surface area contributed by atoms with E-state index in [0.29, 0.717) is 25.5 Å². The molecular formula is C21H25NO5. The van der Waals surface area contributed by atoms with Crippen LogP contribution in [0, 0.1) is 0 Å². The van der Waals surface area contributed by atoms with Gasteiger partial charge in [0.25, 0.3) is 0 Å². The molecule has 0 atom stereocenters. The van der Waals surface area contributed by atoms with E-state index in [1.165, 1.54) is 6.08 Å². The molecule has 0 saturated carbocycles. The van der Waals surface area contributed by atoms with Crippen molar-refractivity contribution >= 4 is 18.0 Å². The zero-order valence-electron chi connectivity index (χ0n) is 15.7. The standard InChI is InChI=1S/C21H25NO5/c1-3-25-18-10-7-17(8-11-18)9-12-20(23)22(14-13-21(24)26-4-2)16-19-6-5-15-27-19/h5-12,15H,3-4,13-14,16H2,1-2H3/b12-9+. The van der Waals surface area contributed by atoms with Gasteiger partial charge in [0.05, 0.1) is 32.4 Å². The van der Waals surface area contributed by atoms with Gasteiger partial charge >= 0.3 is 5.97 Å². The molecule has 27 heavy (non-hydrogen) atoms. The Bertz CT molecular complexity index is 734. The Morgan fingerprint density at radius 2 is 1.89 bits per heavy atom. The van der Waals surface area contributed by atoms with Crippen LogP contribution in [0.25, 0.3) is 6.08 Å². The molecule has 0 unspecified atom stereocenters. The molecule has 0 radical (unpaired) electrons. The largest absolute Gasteiger partial charge is 0.494 e. The molecule has 0 fully saturated rings. The van der Waals surface area contributed by atoms with Crippen molar-refractivity contribution in [3.05, 3.63) is 60.1 Å². The fraction of sp³-hybridized carbons (Fsp3) is 0.333. The molecule has 6 heteroatoms. The number of rotatable bonds is 10. The minimum Gasteiger partial charge on any atom is -0.494 e. The summed E-state index contributed by atoms with van der Waals surface area (Å²) >= 11 is 0. The van der Waals surface area contributed by atoms with Crippen LogP contribution in [0.4, 0.5) is 0 Å². The lowest BCUT2D eigenvalue weighted by Crippen LogP contribution is -2.31. The normalized spacial score (nSPS) is 10.7. The van der Waals surface area contributed by atoms with Crippen molar-refractivity contribution in [3.63, 3.8) is 0 Å². The average molecular weight is 371 g/mol. The number of carbonyl (C=O) groups excluding carboxylic acids is 2. The smallest absolute Gasteiger partial charge is 0.307 e. The van der Waals surface area contributed by atoms with E-state index in [1.807, 2.05) is 31.2 Å². The highest BCUT2D eigenvalue weighted by Gasteiger charge is 2.15. The highest BCUT2D eigenvalue weighted by atomic mass is 16.5. The van der Waals surface area contributed by atoms with Crippen LogP contribution in [0.5, 0.6) is 5.75 Å². The van der Waals surface area contributed by atoms with Gasteiger partial charge in [0.1, 0.15) is 11.5 Å². The van der Waals surface area contributed by atoms with Crippen LogP contribution in [0.2, 0.25) is 0 Å². The van der Waals surface area contributed by atoms with E-state index in [-0.39, 0.29) is 24.8 Å². The topological polar surface area (TPSA) is 69.0 Å². The van der Waals surface area contributed by atoms with Crippen molar-refractivity contribution < 1.29 is 23.5 Å². The van der Waals surface area contributed by atoms with E-state index in [0.717, 1.165) is 11.3 Å². The highest BCUT2D eigenvalue weighted by Crippen LogP contribution is 2.14. The first-order chi connectivity index (χ1) is 13.1. The van der Waals surface area contributed by atoms with E-state index in [9.17, 15) is 9.59 Å². The third-order valence-electron chi connectivity index (χ3n) is 3.74. The van der Waals surface area contributed by atoms with Crippen LogP contribution in [0.3, 0.4) is 0 Å². The minimum absolute atomic E-state index is 0.136. The molecule has 0 aliphatic heterocycles. The number of hydrogen-bond donors (Lipinski definition) is 0. The van der Waals surface area contributed by atoms with Gasteiger partial charge in [-0.3, -0.25) is 9.59 Å². The van der Waals surface area contributed by atoms with Crippen LogP contribution in [-0.2, 0) is 20.9 Å². The van der Waals surface area contributed by atoms with Crippen LogP contribution < -0.4 is 4.74 Å². The molecule has 0 saturated heterocycles. The van der Waals surface area contributed by atoms with Gasteiger partial charge < -0.3 is 18.8 Å². The van der Waals surface area contributed by atoms with Crippen molar-refractivity contribution in [2.75, 3.05) is 19.8 Å². The molecule has 2 aromatic rings. The van der Waals surface area contributed by atoms with E-state index < -0.39 is 0 Å². The number of furan rings is 1. The Morgan fingerprint density at radius 1 is 1.11 bits per heavy atom. The summed E-state index contributed by atoms with van der Waals surface area (Å²) in [5.74, 6) is 0.909. The van der Waals surface area contributed by atoms with Gasteiger partial charge in [-0.1, -0.05) is 12.1 Å². The summed E-state index contributed by atoms with van der Waals surface area (Å²) in [5, 5.41) is 0. The molecule has 1 aromatic carbocycles. The molecule has 6 nitrogen and oxygen atoms in total. The van der Waals surface area contributed by atoms with Crippen LogP contribution >= 0.6 is 0 Å². The van der Waals surface area contributed by atoms with Crippen LogP contribution in [-0.4, -0.2) is 36.5 Å². The van der Waals surface area contributed by atoms with Gasteiger partial charge in [0, 0.05) is 12.6 Å². The number of amides is 1. The maximum Gasteiger partial charge on any atom is 0.307 e. The minimum atomic E-state index is -0.328. The first-order valence-electron chi connectivity index (χ1n) is 9.00. The molecule has 144 valence electrons. The van der Waals surface area contributed by atoms with E-state index >= 15 is 0 Å². The Balaban J connectivity index is 2.01. The number of benzene rings is 1. The van der Waals surface area contributed by atoms with Crippen LogP contribution in [0.15, 0.2) is 53.2 Å². The molecule has 0 aliphatic rings. The second kappa shape index (κ2) is 10.9. The van der Waals surface area contributed by atoms with Crippen molar-refractivity contribution in [1.82, 2.24) is 4.90 Å². The van der Waals surface area contributed by atoms with Crippen molar-refractivity contribution in [2.24, 2.45) is 0 Å². The quantitative estimate of drug-likeness (QED) is 0.471. The number of hydrogen-bond acceptors (Lipinski definition) is 5. The fourth-order valence-electron chi connectivity index (χ4n) is 2.43. The molecule has 2 rings (SSSR count). The number of esters is 1. The maximum atomic E-state index is 12.6. The Labute approximate surface area is 159 Å². The zero-order valence-corrected chi connectivity index (χ0v) is 15.7. The van der Waals surface area contributed by atoms with E-state index in [2.05, 4.69) is 0 Å². The first kappa shape index (κ1) is 20.3. The maximum absolute atomic E-state index is 12.6. The highest BCUT2D eigenvalue weighted by molar-refractivity contribution is 5.92. The zero-order chi connectivity index (χ0) is 19.5. The Morgan fingerprint density at radius 3 is 2.52 bits per heavy atom. The van der Waals surface area contributed by atoms with E-state index in [1.54, 1.807) is 36.3 Å². The van der Waals surface area contributed by atoms with Crippen LogP contribution in [0.1, 0.15) is 31.6 Å². The molecule has 1 heterocycles. The summed E-state index contributed by atoms with van der Waals surface area (Å²) < 4.78 is 15.7.